The first-order chi connectivity index (χ1) is 6.84. The quantitative estimate of drug-likeness (QED) is 0.529. The Labute approximate surface area is 93.6 Å². The van der Waals surface area contributed by atoms with Crippen LogP contribution in [0.5, 0.6) is 0 Å². The van der Waals surface area contributed by atoms with Gasteiger partial charge < -0.3 is 5.32 Å². The molecule has 1 aliphatic rings. The molecule has 0 aliphatic heterocycles. The molecule has 0 aromatic carbocycles. The topological polar surface area (TPSA) is 12.0 Å². The highest BCUT2D eigenvalue weighted by molar-refractivity contribution is 6.21. The Morgan fingerprint density at radius 3 is 2.64 bits per heavy atom. The van der Waals surface area contributed by atoms with Crippen molar-refractivity contribution in [1.82, 2.24) is 5.32 Å². The molecule has 1 saturated carbocycles. The van der Waals surface area contributed by atoms with Gasteiger partial charge >= 0.3 is 0 Å². The Kier molecular flexibility index (Phi) is 6.63. The average Bonchev–Trinajstić information content (AvgIpc) is 2.20. The molecule has 84 valence electrons. The molecule has 0 saturated heterocycles. The monoisotopic (exact) mass is 217 g/mol. The minimum absolute atomic E-state index is 0.384. The first-order valence-corrected chi connectivity index (χ1v) is 6.65. The lowest BCUT2D eigenvalue weighted by Crippen LogP contribution is -2.39. The van der Waals surface area contributed by atoms with Crippen LogP contribution < -0.4 is 5.32 Å². The van der Waals surface area contributed by atoms with E-state index >= 15 is 0 Å². The van der Waals surface area contributed by atoms with Crippen molar-refractivity contribution in [3.8, 4) is 0 Å². The van der Waals surface area contributed by atoms with Crippen molar-refractivity contribution in [2.24, 2.45) is 0 Å². The molecule has 0 amide bonds. The normalized spacial score (nSPS) is 27.9. The van der Waals surface area contributed by atoms with E-state index in [0.29, 0.717) is 11.4 Å². The van der Waals surface area contributed by atoms with E-state index in [1.807, 2.05) is 0 Å². The third-order valence-corrected chi connectivity index (χ3v) is 3.64. The van der Waals surface area contributed by atoms with Crippen LogP contribution in [0.1, 0.15) is 58.3 Å². The predicted octanol–water partition coefficient (Wildman–Crippen LogP) is 3.71. The molecule has 2 atom stereocenters. The van der Waals surface area contributed by atoms with Gasteiger partial charge in [0.05, 0.1) is 0 Å². The minimum atomic E-state index is 0.384. The zero-order valence-corrected chi connectivity index (χ0v) is 10.2. The maximum atomic E-state index is 6.26. The number of halogens is 1. The Morgan fingerprint density at radius 1 is 1.14 bits per heavy atom. The highest BCUT2D eigenvalue weighted by Crippen LogP contribution is 2.22. The Hall–Kier alpha value is 0.250. The van der Waals surface area contributed by atoms with Crippen molar-refractivity contribution in [2.45, 2.75) is 69.7 Å². The molecule has 0 radical (unpaired) electrons. The van der Waals surface area contributed by atoms with E-state index in [2.05, 4.69) is 12.2 Å². The molecule has 1 N–H and O–H groups in total. The zero-order valence-electron chi connectivity index (χ0n) is 9.40. The average molecular weight is 218 g/mol. The summed E-state index contributed by atoms with van der Waals surface area (Å²) in [7, 11) is 0. The van der Waals surface area contributed by atoms with Crippen LogP contribution in [-0.4, -0.2) is 18.0 Å². The van der Waals surface area contributed by atoms with Gasteiger partial charge in [0, 0.05) is 11.4 Å². The third kappa shape index (κ3) is 4.65. The molecule has 2 unspecified atom stereocenters. The summed E-state index contributed by atoms with van der Waals surface area (Å²) in [6.45, 7) is 3.41. The standard InChI is InChI=1S/C12H24ClN/c1-2-3-4-7-10-14-12-9-6-5-8-11(12)13/h11-12,14H,2-10H2,1H3. The second-order valence-corrected chi connectivity index (χ2v) is 4.98. The van der Waals surface area contributed by atoms with Crippen LogP contribution in [0.2, 0.25) is 0 Å². The van der Waals surface area contributed by atoms with E-state index in [1.165, 1.54) is 51.4 Å². The fourth-order valence-electron chi connectivity index (χ4n) is 2.15. The summed E-state index contributed by atoms with van der Waals surface area (Å²) in [5.41, 5.74) is 0. The maximum Gasteiger partial charge on any atom is 0.0489 e. The van der Waals surface area contributed by atoms with Crippen LogP contribution in [0.3, 0.4) is 0 Å². The van der Waals surface area contributed by atoms with Crippen LogP contribution in [0.25, 0.3) is 0 Å². The first-order valence-electron chi connectivity index (χ1n) is 6.22. The van der Waals surface area contributed by atoms with Gasteiger partial charge in [-0.1, -0.05) is 39.0 Å². The minimum Gasteiger partial charge on any atom is -0.313 e. The summed E-state index contributed by atoms with van der Waals surface area (Å²) < 4.78 is 0. The lowest BCUT2D eigenvalue weighted by molar-refractivity contribution is 0.376. The third-order valence-electron chi connectivity index (χ3n) is 3.12. The Bertz CT molecular complexity index is 138. The number of hydrogen-bond acceptors (Lipinski definition) is 1. The molecule has 1 fully saturated rings. The molecule has 1 rings (SSSR count). The molecular formula is C12H24ClN. The van der Waals surface area contributed by atoms with Crippen molar-refractivity contribution in [3.63, 3.8) is 0 Å². The van der Waals surface area contributed by atoms with Crippen molar-refractivity contribution in [2.75, 3.05) is 6.54 Å². The van der Waals surface area contributed by atoms with E-state index in [0.717, 1.165) is 6.54 Å². The summed E-state index contributed by atoms with van der Waals surface area (Å²) in [4.78, 5) is 0. The second-order valence-electron chi connectivity index (χ2n) is 4.42. The molecule has 0 aromatic rings. The second kappa shape index (κ2) is 7.53. The van der Waals surface area contributed by atoms with Crippen molar-refractivity contribution >= 4 is 11.6 Å². The van der Waals surface area contributed by atoms with Gasteiger partial charge in [0.15, 0.2) is 0 Å². The van der Waals surface area contributed by atoms with Gasteiger partial charge in [0.2, 0.25) is 0 Å². The Morgan fingerprint density at radius 2 is 1.93 bits per heavy atom. The van der Waals surface area contributed by atoms with Gasteiger partial charge in [-0.25, -0.2) is 0 Å². The highest BCUT2D eigenvalue weighted by atomic mass is 35.5. The van der Waals surface area contributed by atoms with Crippen LogP contribution in [0.4, 0.5) is 0 Å². The van der Waals surface area contributed by atoms with Gasteiger partial charge in [-0.15, -0.1) is 11.6 Å². The fraction of sp³-hybridized carbons (Fsp3) is 1.00. The van der Waals surface area contributed by atoms with Gasteiger partial charge in [0.25, 0.3) is 0 Å². The molecule has 0 heterocycles. The SMILES string of the molecule is CCCCCCNC1CCCCC1Cl. The van der Waals surface area contributed by atoms with E-state index in [4.69, 9.17) is 11.6 Å². The number of alkyl halides is 1. The largest absolute Gasteiger partial charge is 0.313 e. The lowest BCUT2D eigenvalue weighted by Gasteiger charge is -2.28. The molecule has 1 nitrogen and oxygen atoms in total. The van der Waals surface area contributed by atoms with Gasteiger partial charge in [-0.3, -0.25) is 0 Å². The number of nitrogens with one attached hydrogen (secondary N) is 1. The molecular weight excluding hydrogens is 194 g/mol. The smallest absolute Gasteiger partial charge is 0.0489 e. The lowest BCUT2D eigenvalue weighted by atomic mass is 9.95. The van der Waals surface area contributed by atoms with Gasteiger partial charge in [-0.05, 0) is 25.8 Å². The maximum absolute atomic E-state index is 6.26. The summed E-state index contributed by atoms with van der Waals surface area (Å²) in [5.74, 6) is 0. The number of hydrogen-bond donors (Lipinski definition) is 1. The Balaban J connectivity index is 1.99. The summed E-state index contributed by atoms with van der Waals surface area (Å²) >= 11 is 6.26. The highest BCUT2D eigenvalue weighted by Gasteiger charge is 2.21. The first kappa shape index (κ1) is 12.3. The van der Waals surface area contributed by atoms with E-state index < -0.39 is 0 Å². The summed E-state index contributed by atoms with van der Waals surface area (Å²) in [6.07, 6.45) is 10.5. The molecule has 14 heavy (non-hydrogen) atoms. The van der Waals surface area contributed by atoms with Crippen molar-refractivity contribution in [3.05, 3.63) is 0 Å². The molecule has 0 aromatic heterocycles. The summed E-state index contributed by atoms with van der Waals surface area (Å²) in [6, 6.07) is 0.590. The van der Waals surface area contributed by atoms with E-state index in [1.54, 1.807) is 0 Å². The van der Waals surface area contributed by atoms with E-state index in [-0.39, 0.29) is 0 Å². The van der Waals surface area contributed by atoms with Crippen LogP contribution >= 0.6 is 11.6 Å². The van der Waals surface area contributed by atoms with Gasteiger partial charge in [0.1, 0.15) is 0 Å². The number of unbranched alkanes of at least 4 members (excludes halogenated alkanes) is 3. The van der Waals surface area contributed by atoms with E-state index in [9.17, 15) is 0 Å². The van der Waals surface area contributed by atoms with Gasteiger partial charge in [-0.2, -0.15) is 0 Å². The zero-order chi connectivity index (χ0) is 10.2. The van der Waals surface area contributed by atoms with Crippen LogP contribution in [0, 0.1) is 0 Å². The van der Waals surface area contributed by atoms with Crippen molar-refractivity contribution < 1.29 is 0 Å². The van der Waals surface area contributed by atoms with Crippen molar-refractivity contribution in [1.29, 1.82) is 0 Å². The predicted molar refractivity (Wildman–Crippen MR) is 64.0 cm³/mol. The molecule has 2 heteroatoms. The molecule has 0 spiro atoms. The van der Waals surface area contributed by atoms with Crippen LogP contribution in [-0.2, 0) is 0 Å². The van der Waals surface area contributed by atoms with Crippen LogP contribution in [0.15, 0.2) is 0 Å². The molecule has 0 bridgehead atoms. The number of rotatable bonds is 6. The summed E-state index contributed by atoms with van der Waals surface area (Å²) in [5, 5.41) is 3.98. The molecule has 1 aliphatic carbocycles. The fourth-order valence-corrected chi connectivity index (χ4v) is 2.52.